The summed E-state index contributed by atoms with van der Waals surface area (Å²) in [6.07, 6.45) is 0. The number of nitrogens with zero attached hydrogens (tertiary/aromatic N) is 3. The van der Waals surface area contributed by atoms with Gasteiger partial charge in [-0.25, -0.2) is 0 Å². The van der Waals surface area contributed by atoms with Gasteiger partial charge in [-0.3, -0.25) is 0 Å². The topological polar surface area (TPSA) is 14.8 Å². The fraction of sp³-hybridized carbons (Fsp3) is 0. The van der Waals surface area contributed by atoms with Gasteiger partial charge in [0.15, 0.2) is 8.07 Å². The Kier molecular flexibility index (Phi) is 8.23. The second-order valence-corrected chi connectivity index (χ2v) is 20.7. The third-order valence-corrected chi connectivity index (χ3v) is 18.3. The Morgan fingerprint density at radius 2 is 0.688 bits per heavy atom. The largest absolute Gasteiger partial charge is 0.309 e. The van der Waals surface area contributed by atoms with Crippen molar-refractivity contribution in [3.05, 3.63) is 249 Å². The highest BCUT2D eigenvalue weighted by Gasteiger charge is 2.41. The van der Waals surface area contributed by atoms with Crippen molar-refractivity contribution in [3.63, 3.8) is 0 Å². The molecule has 0 aliphatic rings. The molecule has 3 aromatic heterocycles. The number of para-hydroxylation sites is 5. The normalized spacial score (nSPS) is 12.1. The van der Waals surface area contributed by atoms with E-state index in [9.17, 15) is 0 Å². The van der Waals surface area contributed by atoms with Crippen LogP contribution >= 0.6 is 0 Å². The first-order valence-electron chi connectivity index (χ1n) is 22.1. The van der Waals surface area contributed by atoms with E-state index >= 15 is 0 Å². The molecule has 0 unspecified atom stereocenters. The molecule has 13 rings (SSSR count). The molecule has 0 spiro atoms. The molecular formula is C60H41N3Si. The molecule has 3 nitrogen and oxygen atoms in total. The van der Waals surface area contributed by atoms with Crippen LogP contribution in [0, 0.1) is 0 Å². The van der Waals surface area contributed by atoms with Gasteiger partial charge >= 0.3 is 0 Å². The van der Waals surface area contributed by atoms with Gasteiger partial charge in [-0.2, -0.15) is 0 Å². The van der Waals surface area contributed by atoms with Crippen LogP contribution in [0.15, 0.2) is 249 Å². The molecule has 13 aromatic rings. The van der Waals surface area contributed by atoms with E-state index in [1.807, 2.05) is 0 Å². The van der Waals surface area contributed by atoms with Crippen LogP contribution in [0.2, 0.25) is 0 Å². The molecule has 0 radical (unpaired) electrons. The Morgan fingerprint density at radius 1 is 0.234 bits per heavy atom. The zero-order valence-corrected chi connectivity index (χ0v) is 36.0. The molecule has 0 atom stereocenters. The fourth-order valence-corrected chi connectivity index (χ4v) is 15.7. The molecule has 0 aliphatic carbocycles. The lowest BCUT2D eigenvalue weighted by Gasteiger charge is -2.34. The Balaban J connectivity index is 1.18. The zero-order chi connectivity index (χ0) is 42.2. The van der Waals surface area contributed by atoms with Crippen molar-refractivity contribution in [1.82, 2.24) is 13.7 Å². The van der Waals surface area contributed by atoms with Gasteiger partial charge in [-0.15, -0.1) is 0 Å². The van der Waals surface area contributed by atoms with E-state index in [-0.39, 0.29) is 0 Å². The van der Waals surface area contributed by atoms with Gasteiger partial charge in [0.05, 0.1) is 38.8 Å². The lowest BCUT2D eigenvalue weighted by atomic mass is 10.1. The molecule has 0 saturated heterocycles. The summed E-state index contributed by atoms with van der Waals surface area (Å²) in [6.45, 7) is 0. The maximum absolute atomic E-state index is 2.87. The smallest absolute Gasteiger partial charge is 0.179 e. The van der Waals surface area contributed by atoms with Crippen molar-refractivity contribution in [1.29, 1.82) is 0 Å². The van der Waals surface area contributed by atoms with Gasteiger partial charge in [0.2, 0.25) is 0 Å². The third-order valence-electron chi connectivity index (χ3n) is 13.6. The first-order chi connectivity index (χ1) is 31.8. The number of hydrogen-bond acceptors (Lipinski definition) is 0. The van der Waals surface area contributed by atoms with Crippen LogP contribution in [0.3, 0.4) is 0 Å². The predicted octanol–water partition coefficient (Wildman–Crippen LogP) is 12.4. The molecule has 4 heteroatoms. The van der Waals surface area contributed by atoms with Crippen molar-refractivity contribution >= 4 is 94.2 Å². The molecule has 0 N–H and O–H groups in total. The second kappa shape index (κ2) is 14.5. The summed E-state index contributed by atoms with van der Waals surface area (Å²) >= 11 is 0. The molecule has 0 bridgehead atoms. The summed E-state index contributed by atoms with van der Waals surface area (Å²) in [5.74, 6) is 0. The summed E-state index contributed by atoms with van der Waals surface area (Å²) in [5, 5.41) is 12.8. The van der Waals surface area contributed by atoms with Crippen LogP contribution in [0.5, 0.6) is 0 Å². The highest BCUT2D eigenvalue weighted by Crippen LogP contribution is 2.41. The van der Waals surface area contributed by atoms with E-state index in [1.165, 1.54) is 86.2 Å². The van der Waals surface area contributed by atoms with Crippen LogP contribution in [0.1, 0.15) is 0 Å². The summed E-state index contributed by atoms with van der Waals surface area (Å²) in [5.41, 5.74) is 10.6. The maximum Gasteiger partial charge on any atom is 0.179 e. The van der Waals surface area contributed by atoms with E-state index < -0.39 is 8.07 Å². The fourth-order valence-electron chi connectivity index (χ4n) is 10.9. The van der Waals surface area contributed by atoms with Gasteiger partial charge in [-0.1, -0.05) is 188 Å². The highest BCUT2D eigenvalue weighted by molar-refractivity contribution is 7.20. The molecule has 3 heterocycles. The van der Waals surface area contributed by atoms with Crippen molar-refractivity contribution in [3.8, 4) is 17.1 Å². The van der Waals surface area contributed by atoms with Gasteiger partial charge in [-0.05, 0) is 81.4 Å². The van der Waals surface area contributed by atoms with Gasteiger partial charge in [0.1, 0.15) is 0 Å². The van der Waals surface area contributed by atoms with Crippen LogP contribution in [0.4, 0.5) is 0 Å². The minimum Gasteiger partial charge on any atom is -0.309 e. The molecule has 0 aliphatic heterocycles. The maximum atomic E-state index is 2.56. The third kappa shape index (κ3) is 5.27. The van der Waals surface area contributed by atoms with Crippen LogP contribution in [-0.2, 0) is 0 Å². The van der Waals surface area contributed by atoms with E-state index in [2.05, 4.69) is 262 Å². The van der Waals surface area contributed by atoms with E-state index in [0.29, 0.717) is 0 Å². The van der Waals surface area contributed by atoms with Gasteiger partial charge in [0.25, 0.3) is 0 Å². The van der Waals surface area contributed by atoms with Crippen LogP contribution in [0.25, 0.3) is 82.5 Å². The van der Waals surface area contributed by atoms with Gasteiger partial charge in [0, 0.05) is 43.7 Å². The van der Waals surface area contributed by atoms with Crippen molar-refractivity contribution in [2.45, 2.75) is 0 Å². The highest BCUT2D eigenvalue weighted by atomic mass is 28.3. The minimum absolute atomic E-state index is 1.14. The predicted molar refractivity (Wildman–Crippen MR) is 273 cm³/mol. The lowest BCUT2D eigenvalue weighted by molar-refractivity contribution is 1.13. The first-order valence-corrected chi connectivity index (χ1v) is 24.1. The monoisotopic (exact) mass is 831 g/mol. The molecular weight excluding hydrogens is 791 g/mol. The molecule has 0 amide bonds. The summed E-state index contributed by atoms with van der Waals surface area (Å²) in [6, 6.07) is 92.4. The molecule has 0 saturated carbocycles. The number of fused-ring (bicyclic) bond motifs is 9. The average molecular weight is 832 g/mol. The van der Waals surface area contributed by atoms with Gasteiger partial charge < -0.3 is 13.7 Å². The molecule has 300 valence electrons. The number of rotatable bonds is 7. The van der Waals surface area contributed by atoms with E-state index in [4.69, 9.17) is 0 Å². The quantitative estimate of drug-likeness (QED) is 0.112. The summed E-state index contributed by atoms with van der Waals surface area (Å²) in [7, 11) is -2.87. The van der Waals surface area contributed by atoms with Crippen molar-refractivity contribution < 1.29 is 0 Å². The SMILES string of the molecule is c1ccc(-n2c3ccccc3c3cccc(-n4c5ccc(-n6c7ccccc7c7ccccc76)cc5c5ccc([Si](c6ccccc6)(c6ccccc6)c6ccccc6)cc54)c32)cc1. The summed E-state index contributed by atoms with van der Waals surface area (Å²) in [4.78, 5) is 0. The zero-order valence-electron chi connectivity index (χ0n) is 35.0. The lowest BCUT2D eigenvalue weighted by Crippen LogP contribution is -2.74. The Bertz CT molecular complexity index is 3730. The Hall–Kier alpha value is -8.18. The molecule has 0 fully saturated rings. The Morgan fingerprint density at radius 3 is 1.27 bits per heavy atom. The Labute approximate surface area is 372 Å². The summed E-state index contributed by atoms with van der Waals surface area (Å²) < 4.78 is 7.46. The standard InChI is InChI=1S/C60H41N3Si/c1-5-20-42(21-6-1)62-56-34-18-15-30-50(56)52-31-19-35-58(60(52)62)63-57-39-36-43(61-54-32-16-13-28-48(54)49-29-14-17-33-55(49)61)40-53(57)51-38-37-47(41-59(51)63)64(44-22-7-2-8-23-44,45-24-9-3-10-25-45)46-26-11-4-12-27-46/h1-41H. The average Bonchev–Trinajstić information content (AvgIpc) is 4.01. The first kappa shape index (κ1) is 36.5. The van der Waals surface area contributed by atoms with Crippen LogP contribution in [-0.4, -0.2) is 21.8 Å². The molecule has 10 aromatic carbocycles. The van der Waals surface area contributed by atoms with Crippen molar-refractivity contribution in [2.24, 2.45) is 0 Å². The van der Waals surface area contributed by atoms with Crippen molar-refractivity contribution in [2.75, 3.05) is 0 Å². The van der Waals surface area contributed by atoms with Crippen LogP contribution < -0.4 is 20.7 Å². The number of benzene rings is 10. The second-order valence-electron chi connectivity index (χ2n) is 16.8. The number of hydrogen-bond donors (Lipinski definition) is 0. The van der Waals surface area contributed by atoms with E-state index in [1.54, 1.807) is 0 Å². The van der Waals surface area contributed by atoms with E-state index in [0.717, 1.165) is 17.1 Å². The molecule has 64 heavy (non-hydrogen) atoms. The minimum atomic E-state index is -2.87. The number of aromatic nitrogens is 3.